The van der Waals surface area contributed by atoms with Crippen molar-refractivity contribution in [1.82, 2.24) is 10.6 Å². The standard InChI is InChI=1S/C15H19BrN2O2/c16-13-8-4-3-7-12(13)15(20)18-10-14(19)17-9-11-5-1-2-6-11/h3-4,7-8,11H,1-2,5-6,9-10H2,(H,17,19)(H,18,20). The van der Waals surface area contributed by atoms with E-state index in [1.807, 2.05) is 6.07 Å². The molecule has 108 valence electrons. The number of amides is 2. The molecule has 1 fully saturated rings. The fraction of sp³-hybridized carbons (Fsp3) is 0.467. The van der Waals surface area contributed by atoms with Gasteiger partial charge in [-0.15, -0.1) is 0 Å². The summed E-state index contributed by atoms with van der Waals surface area (Å²) in [6, 6.07) is 7.15. The summed E-state index contributed by atoms with van der Waals surface area (Å²) in [4.78, 5) is 23.6. The molecule has 1 saturated carbocycles. The highest BCUT2D eigenvalue weighted by Crippen LogP contribution is 2.23. The predicted octanol–water partition coefficient (Wildman–Crippen LogP) is 2.49. The summed E-state index contributed by atoms with van der Waals surface area (Å²) < 4.78 is 0.726. The molecule has 0 unspecified atom stereocenters. The second-order valence-corrected chi connectivity index (χ2v) is 5.97. The summed E-state index contributed by atoms with van der Waals surface area (Å²) in [5, 5.41) is 5.51. The number of carbonyl (C=O) groups excluding carboxylic acids is 2. The van der Waals surface area contributed by atoms with Crippen LogP contribution in [0.5, 0.6) is 0 Å². The van der Waals surface area contributed by atoms with E-state index in [0.29, 0.717) is 11.5 Å². The van der Waals surface area contributed by atoms with Gasteiger partial charge in [-0.2, -0.15) is 0 Å². The first-order valence-corrected chi connectivity index (χ1v) is 7.75. The van der Waals surface area contributed by atoms with E-state index < -0.39 is 0 Å². The van der Waals surface area contributed by atoms with Gasteiger partial charge >= 0.3 is 0 Å². The Labute approximate surface area is 127 Å². The Kier molecular flexibility index (Phi) is 5.59. The van der Waals surface area contributed by atoms with Crippen molar-refractivity contribution in [3.8, 4) is 0 Å². The Morgan fingerprint density at radius 3 is 2.55 bits per heavy atom. The number of benzene rings is 1. The van der Waals surface area contributed by atoms with Crippen LogP contribution in [0.1, 0.15) is 36.0 Å². The number of nitrogens with one attached hydrogen (secondary N) is 2. The van der Waals surface area contributed by atoms with E-state index >= 15 is 0 Å². The molecule has 2 rings (SSSR count). The fourth-order valence-electron chi connectivity index (χ4n) is 2.44. The van der Waals surface area contributed by atoms with Gasteiger partial charge in [0.15, 0.2) is 0 Å². The summed E-state index contributed by atoms with van der Waals surface area (Å²) in [6.07, 6.45) is 4.92. The Bertz CT molecular complexity index is 485. The van der Waals surface area contributed by atoms with Crippen LogP contribution >= 0.6 is 15.9 Å². The molecule has 2 amide bonds. The lowest BCUT2D eigenvalue weighted by Gasteiger charge is -2.11. The van der Waals surface area contributed by atoms with E-state index in [0.717, 1.165) is 11.0 Å². The van der Waals surface area contributed by atoms with Crippen LogP contribution in [-0.2, 0) is 4.79 Å². The second kappa shape index (κ2) is 7.43. The molecule has 20 heavy (non-hydrogen) atoms. The zero-order valence-corrected chi connectivity index (χ0v) is 12.9. The van der Waals surface area contributed by atoms with Gasteiger partial charge in [0.1, 0.15) is 0 Å². The maximum absolute atomic E-state index is 11.9. The molecule has 0 bridgehead atoms. The average molecular weight is 339 g/mol. The van der Waals surface area contributed by atoms with Gasteiger partial charge in [0.2, 0.25) is 5.91 Å². The second-order valence-electron chi connectivity index (χ2n) is 5.12. The SMILES string of the molecule is O=C(CNC(=O)c1ccccc1Br)NCC1CCCC1. The molecule has 2 N–H and O–H groups in total. The van der Waals surface area contributed by atoms with E-state index in [1.165, 1.54) is 25.7 Å². The maximum atomic E-state index is 11.9. The molecule has 1 aliphatic rings. The Hall–Kier alpha value is -1.36. The van der Waals surface area contributed by atoms with Gasteiger partial charge in [0.05, 0.1) is 12.1 Å². The molecule has 1 aromatic rings. The highest BCUT2D eigenvalue weighted by atomic mass is 79.9. The molecule has 1 aromatic carbocycles. The molecule has 0 aromatic heterocycles. The zero-order valence-electron chi connectivity index (χ0n) is 11.3. The summed E-state index contributed by atoms with van der Waals surface area (Å²) >= 11 is 3.32. The minimum Gasteiger partial charge on any atom is -0.354 e. The molecule has 0 spiro atoms. The zero-order chi connectivity index (χ0) is 14.4. The van der Waals surface area contributed by atoms with Gasteiger partial charge in [-0.25, -0.2) is 0 Å². The molecule has 0 aliphatic heterocycles. The third-order valence-electron chi connectivity index (χ3n) is 3.59. The van der Waals surface area contributed by atoms with E-state index in [2.05, 4.69) is 26.6 Å². The van der Waals surface area contributed by atoms with E-state index in [-0.39, 0.29) is 18.4 Å². The van der Waals surface area contributed by atoms with Crippen molar-refractivity contribution >= 4 is 27.7 Å². The molecular formula is C15H19BrN2O2. The van der Waals surface area contributed by atoms with Crippen molar-refractivity contribution < 1.29 is 9.59 Å². The number of rotatable bonds is 5. The Morgan fingerprint density at radius 2 is 1.85 bits per heavy atom. The van der Waals surface area contributed by atoms with Gasteiger partial charge in [0, 0.05) is 11.0 Å². The first kappa shape index (κ1) is 15.0. The van der Waals surface area contributed by atoms with Gasteiger partial charge in [-0.3, -0.25) is 9.59 Å². The summed E-state index contributed by atoms with van der Waals surface area (Å²) in [5.41, 5.74) is 0.538. The van der Waals surface area contributed by atoms with Crippen molar-refractivity contribution in [2.45, 2.75) is 25.7 Å². The van der Waals surface area contributed by atoms with Gasteiger partial charge in [0.25, 0.3) is 5.91 Å². The first-order valence-electron chi connectivity index (χ1n) is 6.96. The van der Waals surface area contributed by atoms with Crippen molar-refractivity contribution in [3.05, 3.63) is 34.3 Å². The lowest BCUT2D eigenvalue weighted by Crippen LogP contribution is -2.38. The predicted molar refractivity (Wildman–Crippen MR) is 81.4 cm³/mol. The molecule has 0 atom stereocenters. The Balaban J connectivity index is 1.72. The van der Waals surface area contributed by atoms with Crippen LogP contribution in [-0.4, -0.2) is 24.9 Å². The number of hydrogen-bond donors (Lipinski definition) is 2. The van der Waals surface area contributed by atoms with E-state index in [4.69, 9.17) is 0 Å². The molecule has 0 radical (unpaired) electrons. The van der Waals surface area contributed by atoms with Crippen molar-refractivity contribution in [1.29, 1.82) is 0 Å². The Morgan fingerprint density at radius 1 is 1.15 bits per heavy atom. The van der Waals surface area contributed by atoms with Crippen LogP contribution in [0.25, 0.3) is 0 Å². The maximum Gasteiger partial charge on any atom is 0.252 e. The van der Waals surface area contributed by atoms with E-state index in [1.54, 1.807) is 18.2 Å². The van der Waals surface area contributed by atoms with Gasteiger partial charge in [-0.05, 0) is 46.8 Å². The van der Waals surface area contributed by atoms with Crippen LogP contribution < -0.4 is 10.6 Å². The van der Waals surface area contributed by atoms with Crippen molar-refractivity contribution in [2.24, 2.45) is 5.92 Å². The summed E-state index contributed by atoms with van der Waals surface area (Å²) in [6.45, 7) is 0.747. The smallest absolute Gasteiger partial charge is 0.252 e. The highest BCUT2D eigenvalue weighted by molar-refractivity contribution is 9.10. The van der Waals surface area contributed by atoms with Crippen LogP contribution in [0.2, 0.25) is 0 Å². The van der Waals surface area contributed by atoms with Crippen molar-refractivity contribution in [3.63, 3.8) is 0 Å². The molecular weight excluding hydrogens is 320 g/mol. The summed E-state index contributed by atoms with van der Waals surface area (Å²) in [5.74, 6) is 0.240. The van der Waals surface area contributed by atoms with Gasteiger partial charge < -0.3 is 10.6 Å². The lowest BCUT2D eigenvalue weighted by molar-refractivity contribution is -0.120. The van der Waals surface area contributed by atoms with Gasteiger partial charge in [-0.1, -0.05) is 25.0 Å². The number of hydrogen-bond acceptors (Lipinski definition) is 2. The quantitative estimate of drug-likeness (QED) is 0.866. The van der Waals surface area contributed by atoms with E-state index in [9.17, 15) is 9.59 Å². The monoisotopic (exact) mass is 338 g/mol. The fourth-order valence-corrected chi connectivity index (χ4v) is 2.90. The highest BCUT2D eigenvalue weighted by Gasteiger charge is 2.16. The molecule has 0 heterocycles. The largest absolute Gasteiger partial charge is 0.354 e. The molecule has 4 nitrogen and oxygen atoms in total. The van der Waals surface area contributed by atoms with Crippen LogP contribution in [0.4, 0.5) is 0 Å². The summed E-state index contributed by atoms with van der Waals surface area (Å²) in [7, 11) is 0. The molecule has 0 saturated heterocycles. The first-order chi connectivity index (χ1) is 9.66. The normalized spacial score (nSPS) is 15.1. The van der Waals surface area contributed by atoms with Crippen LogP contribution in [0.3, 0.4) is 0 Å². The van der Waals surface area contributed by atoms with Crippen LogP contribution in [0, 0.1) is 5.92 Å². The molecule has 1 aliphatic carbocycles. The lowest BCUT2D eigenvalue weighted by atomic mass is 10.1. The third kappa shape index (κ3) is 4.34. The molecule has 5 heteroatoms. The third-order valence-corrected chi connectivity index (χ3v) is 4.28. The topological polar surface area (TPSA) is 58.2 Å². The average Bonchev–Trinajstić information content (AvgIpc) is 2.96. The number of halogens is 1. The minimum atomic E-state index is -0.242. The van der Waals surface area contributed by atoms with Crippen LogP contribution in [0.15, 0.2) is 28.7 Å². The number of carbonyl (C=O) groups is 2. The van der Waals surface area contributed by atoms with Crippen molar-refractivity contribution in [2.75, 3.05) is 13.1 Å². The minimum absolute atomic E-state index is 0.0207.